The molecule has 2 atom stereocenters. The third kappa shape index (κ3) is 4.12. The minimum atomic E-state index is -3.92. The molecule has 4 rings (SSSR count). The highest BCUT2D eigenvalue weighted by atomic mass is 32.2. The summed E-state index contributed by atoms with van der Waals surface area (Å²) in [5.74, 6) is -0.556. The Morgan fingerprint density at radius 3 is 2.21 bits per heavy atom. The summed E-state index contributed by atoms with van der Waals surface area (Å²) >= 11 is 0. The molecule has 2 aliphatic heterocycles. The monoisotopic (exact) mass is 440 g/mol. The molecule has 2 saturated heterocycles. The maximum Gasteiger partial charge on any atom is 0.225 e. The molecule has 0 radical (unpaired) electrons. The van der Waals surface area contributed by atoms with Crippen molar-refractivity contribution in [3.63, 3.8) is 0 Å². The molecule has 8 nitrogen and oxygen atoms in total. The van der Waals surface area contributed by atoms with Crippen molar-refractivity contribution in [1.29, 1.82) is 0 Å². The summed E-state index contributed by atoms with van der Waals surface area (Å²) in [4.78, 5) is 12.3. The Hall–Kier alpha value is -2.11. The molecular weight excluding hydrogens is 419 g/mol. The number of aromatic nitrogens is 2. The van der Waals surface area contributed by atoms with Crippen LogP contribution >= 0.6 is 0 Å². The van der Waals surface area contributed by atoms with Crippen LogP contribution in [0, 0.1) is 5.82 Å². The fraction of sp³-hybridized carbons (Fsp3) is 0.444. The number of hydrogen-bond acceptors (Lipinski definition) is 8. The molecule has 29 heavy (non-hydrogen) atoms. The average molecular weight is 441 g/mol. The topological polar surface area (TPSA) is 101 Å². The molecule has 0 spiro atoms. The van der Waals surface area contributed by atoms with E-state index in [1.807, 2.05) is 9.80 Å². The van der Waals surface area contributed by atoms with Crippen LogP contribution in [0.5, 0.6) is 0 Å². The van der Waals surface area contributed by atoms with Gasteiger partial charge in [-0.3, -0.25) is 4.90 Å². The Balaban J connectivity index is 1.55. The molecule has 2 aliphatic rings. The van der Waals surface area contributed by atoms with Gasteiger partial charge in [0, 0.05) is 44.6 Å². The van der Waals surface area contributed by atoms with Gasteiger partial charge >= 0.3 is 0 Å². The van der Waals surface area contributed by atoms with E-state index >= 15 is 0 Å². The summed E-state index contributed by atoms with van der Waals surface area (Å²) in [6, 6.07) is 5.63. The second-order valence-electron chi connectivity index (χ2n) is 7.25. The molecule has 0 saturated carbocycles. The van der Waals surface area contributed by atoms with E-state index in [1.54, 1.807) is 18.5 Å². The second kappa shape index (κ2) is 7.62. The van der Waals surface area contributed by atoms with E-state index in [0.717, 1.165) is 12.1 Å². The molecule has 0 aliphatic carbocycles. The van der Waals surface area contributed by atoms with Crippen molar-refractivity contribution in [3.8, 4) is 0 Å². The van der Waals surface area contributed by atoms with E-state index in [9.17, 15) is 21.2 Å². The maximum atomic E-state index is 13.2. The van der Waals surface area contributed by atoms with Crippen LogP contribution in [-0.4, -0.2) is 80.7 Å². The van der Waals surface area contributed by atoms with Crippen LogP contribution in [0.1, 0.15) is 0 Å². The summed E-state index contributed by atoms with van der Waals surface area (Å²) < 4.78 is 64.1. The van der Waals surface area contributed by atoms with E-state index < -0.39 is 42.5 Å². The number of rotatable bonds is 4. The van der Waals surface area contributed by atoms with Crippen LogP contribution in [0.25, 0.3) is 0 Å². The molecule has 2 aromatic rings. The zero-order valence-electron chi connectivity index (χ0n) is 15.6. The fourth-order valence-corrected chi connectivity index (χ4v) is 8.77. The Morgan fingerprint density at radius 2 is 1.59 bits per heavy atom. The van der Waals surface area contributed by atoms with E-state index in [-0.39, 0.29) is 10.6 Å². The zero-order chi connectivity index (χ0) is 20.6. The first-order valence-electron chi connectivity index (χ1n) is 9.22. The normalized spacial score (nSPS) is 25.2. The number of sulfone groups is 2. The van der Waals surface area contributed by atoms with E-state index in [0.29, 0.717) is 32.1 Å². The van der Waals surface area contributed by atoms with Crippen molar-refractivity contribution in [1.82, 2.24) is 14.9 Å². The highest BCUT2D eigenvalue weighted by Crippen LogP contribution is 2.30. The zero-order valence-corrected chi connectivity index (χ0v) is 17.2. The van der Waals surface area contributed by atoms with Crippen LogP contribution in [0.15, 0.2) is 47.6 Å². The first-order chi connectivity index (χ1) is 13.8. The number of piperazine rings is 1. The smallest absolute Gasteiger partial charge is 0.225 e. The van der Waals surface area contributed by atoms with Gasteiger partial charge in [0.25, 0.3) is 0 Å². The van der Waals surface area contributed by atoms with Gasteiger partial charge in [-0.1, -0.05) is 0 Å². The van der Waals surface area contributed by atoms with Gasteiger partial charge in [0.2, 0.25) is 5.95 Å². The highest BCUT2D eigenvalue weighted by Gasteiger charge is 2.48. The number of benzene rings is 1. The molecule has 0 bridgehead atoms. The summed E-state index contributed by atoms with van der Waals surface area (Å²) in [5, 5.41) is -1.07. The Labute approximate surface area is 169 Å². The Kier molecular flexibility index (Phi) is 5.30. The minimum Gasteiger partial charge on any atom is -0.338 e. The van der Waals surface area contributed by atoms with E-state index in [2.05, 4.69) is 9.97 Å². The van der Waals surface area contributed by atoms with Crippen molar-refractivity contribution in [2.45, 2.75) is 16.2 Å². The quantitative estimate of drug-likeness (QED) is 0.629. The van der Waals surface area contributed by atoms with Gasteiger partial charge in [-0.25, -0.2) is 31.2 Å². The fourth-order valence-electron chi connectivity index (χ4n) is 3.94. The number of halogens is 1. The summed E-state index contributed by atoms with van der Waals surface area (Å²) in [5.41, 5.74) is 0. The second-order valence-corrected chi connectivity index (χ2v) is 11.6. The molecular formula is C18H21FN4O4S2. The largest absolute Gasteiger partial charge is 0.338 e. The van der Waals surface area contributed by atoms with Gasteiger partial charge in [-0.05, 0) is 30.3 Å². The van der Waals surface area contributed by atoms with Crippen molar-refractivity contribution in [2.75, 3.05) is 42.6 Å². The van der Waals surface area contributed by atoms with Crippen LogP contribution in [0.2, 0.25) is 0 Å². The predicted molar refractivity (Wildman–Crippen MR) is 106 cm³/mol. The van der Waals surface area contributed by atoms with Gasteiger partial charge < -0.3 is 4.90 Å². The highest BCUT2D eigenvalue weighted by molar-refractivity contribution is 7.96. The van der Waals surface area contributed by atoms with Crippen molar-refractivity contribution in [3.05, 3.63) is 48.5 Å². The predicted octanol–water partition coefficient (Wildman–Crippen LogP) is 0.377. The molecule has 156 valence electrons. The van der Waals surface area contributed by atoms with Crippen molar-refractivity contribution < 1.29 is 21.2 Å². The van der Waals surface area contributed by atoms with Crippen molar-refractivity contribution in [2.24, 2.45) is 0 Å². The van der Waals surface area contributed by atoms with Gasteiger partial charge in [0.1, 0.15) is 5.82 Å². The lowest BCUT2D eigenvalue weighted by molar-refractivity contribution is 0.201. The molecule has 1 aromatic heterocycles. The minimum absolute atomic E-state index is 0.0534. The van der Waals surface area contributed by atoms with Gasteiger partial charge in [-0.15, -0.1) is 0 Å². The lowest BCUT2D eigenvalue weighted by atomic mass is 10.2. The summed E-state index contributed by atoms with van der Waals surface area (Å²) in [6.45, 7) is 2.16. The summed E-state index contributed by atoms with van der Waals surface area (Å²) in [6.07, 6.45) is 3.31. The molecule has 2 fully saturated rings. The van der Waals surface area contributed by atoms with Crippen LogP contribution < -0.4 is 4.90 Å². The standard InChI is InChI=1S/C18H21FN4O4S2/c19-14-2-4-15(5-3-14)29(26,27)17-13-28(24,25)12-16(17)22-8-10-23(11-9-22)18-20-6-1-7-21-18/h1-7,16-17H,8-13H2/t16-,17-/m0/s1. The van der Waals surface area contributed by atoms with E-state index in [4.69, 9.17) is 0 Å². The molecule has 3 heterocycles. The first kappa shape index (κ1) is 20.2. The Bertz CT molecular complexity index is 1070. The SMILES string of the molecule is O=S1(=O)C[C@H](N2CCN(c3ncccn3)CC2)[C@@H](S(=O)(=O)c2ccc(F)cc2)C1. The van der Waals surface area contributed by atoms with Crippen LogP contribution in [0.4, 0.5) is 10.3 Å². The van der Waals surface area contributed by atoms with Gasteiger partial charge in [0.05, 0.1) is 21.7 Å². The van der Waals surface area contributed by atoms with Crippen LogP contribution in [0.3, 0.4) is 0 Å². The van der Waals surface area contributed by atoms with E-state index in [1.165, 1.54) is 12.1 Å². The summed E-state index contributed by atoms with van der Waals surface area (Å²) in [7, 11) is -7.41. The molecule has 0 N–H and O–H groups in total. The lowest BCUT2D eigenvalue weighted by Crippen LogP contribution is -2.55. The molecule has 0 amide bonds. The van der Waals surface area contributed by atoms with Crippen LogP contribution in [-0.2, 0) is 19.7 Å². The first-order valence-corrected chi connectivity index (χ1v) is 12.6. The molecule has 1 aromatic carbocycles. The maximum absolute atomic E-state index is 13.2. The number of nitrogens with zero attached hydrogens (tertiary/aromatic N) is 4. The number of anilines is 1. The average Bonchev–Trinajstić information content (AvgIpc) is 3.05. The molecule has 0 unspecified atom stereocenters. The van der Waals surface area contributed by atoms with Crippen molar-refractivity contribution >= 4 is 25.6 Å². The third-order valence-electron chi connectivity index (χ3n) is 5.43. The molecule has 11 heteroatoms. The third-order valence-corrected chi connectivity index (χ3v) is 9.57. The Morgan fingerprint density at radius 1 is 0.966 bits per heavy atom. The van der Waals surface area contributed by atoms with Gasteiger partial charge in [0.15, 0.2) is 19.7 Å². The number of hydrogen-bond donors (Lipinski definition) is 0. The van der Waals surface area contributed by atoms with Gasteiger partial charge in [-0.2, -0.15) is 0 Å². The lowest BCUT2D eigenvalue weighted by Gasteiger charge is -2.39.